The Balaban J connectivity index is 1.57. The van der Waals surface area contributed by atoms with Crippen molar-refractivity contribution < 1.29 is 9.59 Å². The van der Waals surface area contributed by atoms with Crippen LogP contribution in [0.5, 0.6) is 0 Å². The number of carbonyl (C=O) groups excluding carboxylic acids is 2. The molecule has 4 heteroatoms. The Hall–Kier alpha value is -3.46. The first-order valence-electron chi connectivity index (χ1n) is 14.9. The molecule has 0 atom stereocenters. The molecular formula is C37H37NO2Se. The van der Waals surface area contributed by atoms with E-state index >= 15 is 0 Å². The van der Waals surface area contributed by atoms with E-state index in [-0.39, 0.29) is 31.5 Å². The molecule has 2 heterocycles. The van der Waals surface area contributed by atoms with Gasteiger partial charge in [0.05, 0.1) is 0 Å². The summed E-state index contributed by atoms with van der Waals surface area (Å²) in [5.41, 5.74) is 11.2. The van der Waals surface area contributed by atoms with Crippen molar-refractivity contribution in [3.63, 3.8) is 0 Å². The van der Waals surface area contributed by atoms with E-state index < -0.39 is 0 Å². The fourth-order valence-electron chi connectivity index (χ4n) is 6.45. The van der Waals surface area contributed by atoms with Crippen molar-refractivity contribution in [1.29, 1.82) is 0 Å². The van der Waals surface area contributed by atoms with Crippen LogP contribution in [0.1, 0.15) is 102 Å². The van der Waals surface area contributed by atoms with Gasteiger partial charge in [0.1, 0.15) is 0 Å². The molecule has 0 radical (unpaired) electrons. The number of hydrogen-bond acceptors (Lipinski definition) is 3. The number of fused-ring (bicyclic) bond motifs is 3. The molecule has 41 heavy (non-hydrogen) atoms. The number of nitrogens with zero attached hydrogens (tertiary/aromatic N) is 1. The third-order valence-corrected chi connectivity index (χ3v) is 10.3. The fourth-order valence-corrected chi connectivity index (χ4v) is 8.14. The van der Waals surface area contributed by atoms with Crippen LogP contribution in [0, 0.1) is 0 Å². The number of para-hydroxylation sites is 2. The number of hydrogen-bond donors (Lipinski definition) is 0. The number of Topliss-reactive ketones (excluding diaryl/α,β-unsaturated/α-hetero) is 2. The van der Waals surface area contributed by atoms with E-state index in [0.29, 0.717) is 16.7 Å². The Labute approximate surface area is 249 Å². The van der Waals surface area contributed by atoms with Gasteiger partial charge in [0.2, 0.25) is 0 Å². The van der Waals surface area contributed by atoms with E-state index in [1.54, 1.807) is 0 Å². The van der Waals surface area contributed by atoms with Crippen LogP contribution in [0.15, 0.2) is 76.1 Å². The Morgan fingerprint density at radius 1 is 0.732 bits per heavy atom. The van der Waals surface area contributed by atoms with Crippen molar-refractivity contribution in [2.45, 2.75) is 71.6 Å². The Bertz CT molecular complexity index is 1610. The molecule has 3 nitrogen and oxygen atoms in total. The third kappa shape index (κ3) is 4.68. The molecular weight excluding hydrogens is 569 g/mol. The van der Waals surface area contributed by atoms with Gasteiger partial charge < -0.3 is 0 Å². The molecule has 0 amide bonds. The van der Waals surface area contributed by atoms with Crippen molar-refractivity contribution in [1.82, 2.24) is 0 Å². The molecule has 0 fully saturated rings. The number of carbonyl (C=O) groups is 2. The van der Waals surface area contributed by atoms with Gasteiger partial charge in [-0.25, -0.2) is 0 Å². The molecule has 2 aliphatic rings. The van der Waals surface area contributed by atoms with Crippen LogP contribution >= 0.6 is 0 Å². The summed E-state index contributed by atoms with van der Waals surface area (Å²) in [6.45, 7) is 9.07. The minimum absolute atomic E-state index is 0.109. The molecule has 0 unspecified atom stereocenters. The number of benzene rings is 3. The molecule has 0 spiro atoms. The summed E-state index contributed by atoms with van der Waals surface area (Å²) in [7, 11) is 0. The Kier molecular flexibility index (Phi) is 7.48. The van der Waals surface area contributed by atoms with Crippen LogP contribution in [0.3, 0.4) is 0 Å². The first kappa shape index (κ1) is 27.7. The summed E-state index contributed by atoms with van der Waals surface area (Å²) in [6.07, 6.45) is 8.01. The number of anilines is 3. The summed E-state index contributed by atoms with van der Waals surface area (Å²) >= 11 is 0.109. The standard InChI is InChI=1S/C37H37NO2Se/c1-5-7-13-24-21-34(38-32-17-11-9-15-30(32)37(3,4)31-16-10-12-18-33(31)38)25(14-8-6-2)19-26(24)20-27-35(39)28-22-41-23-29(28)36(27)40/h9-12,15-23H,5-8,13-14H2,1-4H3. The van der Waals surface area contributed by atoms with Crippen LogP contribution in [-0.2, 0) is 18.3 Å². The molecule has 208 valence electrons. The number of rotatable bonds is 8. The molecule has 1 aromatic heterocycles. The first-order chi connectivity index (χ1) is 19.9. The second-order valence-corrected chi connectivity index (χ2v) is 13.4. The molecule has 0 bridgehead atoms. The topological polar surface area (TPSA) is 37.4 Å². The Morgan fingerprint density at radius 3 is 1.83 bits per heavy atom. The van der Waals surface area contributed by atoms with Crippen LogP contribution < -0.4 is 4.90 Å². The van der Waals surface area contributed by atoms with Gasteiger partial charge in [0.25, 0.3) is 0 Å². The zero-order valence-electron chi connectivity index (χ0n) is 24.4. The van der Waals surface area contributed by atoms with Gasteiger partial charge in [0, 0.05) is 5.41 Å². The van der Waals surface area contributed by atoms with Crippen LogP contribution in [0.2, 0.25) is 0 Å². The average Bonchev–Trinajstić information content (AvgIpc) is 3.55. The van der Waals surface area contributed by atoms with E-state index in [9.17, 15) is 9.59 Å². The maximum atomic E-state index is 13.2. The predicted octanol–water partition coefficient (Wildman–Crippen LogP) is 9.00. The molecule has 4 aromatic rings. The molecule has 6 rings (SSSR count). The quantitative estimate of drug-likeness (QED) is 0.114. The SMILES string of the molecule is CCCCc1cc(N2c3ccccc3C(C)(C)c3ccccc32)c(CCCC)cc1C=C1C(=O)c2c[se]cc2C1=O. The number of unbranched alkanes of at least 4 members (excludes halogenated alkanes) is 2. The van der Waals surface area contributed by atoms with Crippen LogP contribution in [-0.4, -0.2) is 26.1 Å². The van der Waals surface area contributed by atoms with E-state index in [4.69, 9.17) is 0 Å². The summed E-state index contributed by atoms with van der Waals surface area (Å²) < 4.78 is 0. The van der Waals surface area contributed by atoms with Gasteiger partial charge in [-0.1, -0.05) is 50.2 Å². The fraction of sp³-hybridized carbons (Fsp3) is 0.297. The van der Waals surface area contributed by atoms with E-state index in [1.807, 2.05) is 16.0 Å². The summed E-state index contributed by atoms with van der Waals surface area (Å²) in [4.78, 5) is 32.8. The minimum atomic E-state index is -0.116. The molecule has 0 saturated carbocycles. The van der Waals surface area contributed by atoms with Gasteiger partial charge >= 0.3 is 195 Å². The van der Waals surface area contributed by atoms with Crippen LogP contribution in [0.25, 0.3) is 6.08 Å². The van der Waals surface area contributed by atoms with E-state index in [0.717, 1.165) is 44.1 Å². The van der Waals surface area contributed by atoms with Crippen molar-refractivity contribution in [2.75, 3.05) is 4.90 Å². The van der Waals surface area contributed by atoms with Gasteiger partial charge in [-0.15, -0.1) is 0 Å². The van der Waals surface area contributed by atoms with Crippen molar-refractivity contribution in [3.05, 3.63) is 115 Å². The molecule has 3 aromatic carbocycles. The normalized spacial score (nSPS) is 15.1. The van der Waals surface area contributed by atoms with E-state index in [2.05, 4.69) is 93.3 Å². The van der Waals surface area contributed by atoms with E-state index in [1.165, 1.54) is 39.3 Å². The van der Waals surface area contributed by atoms with Crippen molar-refractivity contribution in [3.8, 4) is 0 Å². The third-order valence-electron chi connectivity index (χ3n) is 8.76. The summed E-state index contributed by atoms with van der Waals surface area (Å²) in [5, 5.41) is 0. The number of aryl methyl sites for hydroxylation is 2. The maximum absolute atomic E-state index is 13.2. The monoisotopic (exact) mass is 607 g/mol. The zero-order valence-corrected chi connectivity index (χ0v) is 26.1. The Morgan fingerprint density at radius 2 is 1.27 bits per heavy atom. The second-order valence-electron chi connectivity index (χ2n) is 11.8. The summed E-state index contributed by atoms with van der Waals surface area (Å²) in [6, 6.07) is 22.2. The average molecular weight is 607 g/mol. The van der Waals surface area contributed by atoms with Gasteiger partial charge in [-0.3, -0.25) is 0 Å². The van der Waals surface area contributed by atoms with Gasteiger partial charge in [-0.05, 0) is 0 Å². The molecule has 1 aliphatic carbocycles. The molecule has 0 N–H and O–H groups in total. The van der Waals surface area contributed by atoms with Gasteiger partial charge in [0.15, 0.2) is 0 Å². The van der Waals surface area contributed by atoms with Crippen molar-refractivity contribution in [2.24, 2.45) is 0 Å². The number of ketones is 2. The number of allylic oxidation sites excluding steroid dienone is 1. The molecule has 0 saturated heterocycles. The second kappa shape index (κ2) is 11.1. The zero-order chi connectivity index (χ0) is 28.7. The summed E-state index contributed by atoms with van der Waals surface area (Å²) in [5.74, 6) is -0.218. The van der Waals surface area contributed by atoms with Crippen molar-refractivity contribution >= 4 is 49.2 Å². The van der Waals surface area contributed by atoms with Crippen LogP contribution in [0.4, 0.5) is 17.1 Å². The van der Waals surface area contributed by atoms with Gasteiger partial charge in [-0.2, -0.15) is 0 Å². The predicted molar refractivity (Wildman–Crippen MR) is 170 cm³/mol. The first-order valence-corrected chi connectivity index (χ1v) is 16.9. The molecule has 1 aliphatic heterocycles.